The van der Waals surface area contributed by atoms with E-state index in [2.05, 4.69) is 16.6 Å². The molecule has 0 aliphatic carbocycles. The fourth-order valence-corrected chi connectivity index (χ4v) is 3.80. The van der Waals surface area contributed by atoms with Crippen molar-refractivity contribution in [2.75, 3.05) is 13.4 Å². The lowest BCUT2D eigenvalue weighted by Crippen LogP contribution is -2.03. The van der Waals surface area contributed by atoms with Crippen LogP contribution in [0.5, 0.6) is 0 Å². The van der Waals surface area contributed by atoms with E-state index in [1.165, 1.54) is 31.0 Å². The number of hydrogen-bond donors (Lipinski definition) is 0. The topological polar surface area (TPSA) is 60.4 Å². The number of esters is 1. The number of carbonyl (C=O) groups is 1. The Balaban J connectivity index is 2.35. The molecule has 2 aromatic rings. The van der Waals surface area contributed by atoms with Crippen molar-refractivity contribution in [2.24, 2.45) is 0 Å². The molecule has 0 saturated heterocycles. The van der Waals surface area contributed by atoms with Gasteiger partial charge in [-0.3, -0.25) is 0 Å². The van der Waals surface area contributed by atoms with Gasteiger partial charge in [-0.15, -0.1) is 11.8 Å². The van der Waals surface area contributed by atoms with Gasteiger partial charge in [-0.05, 0) is 61.1 Å². The summed E-state index contributed by atoms with van der Waals surface area (Å²) >= 11 is 1.40. The first kappa shape index (κ1) is 21.5. The number of sulfone groups is 1. The number of allylic oxidation sites excluding steroid dienone is 2. The highest BCUT2D eigenvalue weighted by Crippen LogP contribution is 2.21. The highest BCUT2D eigenvalue weighted by atomic mass is 32.2. The summed E-state index contributed by atoms with van der Waals surface area (Å²) in [5.74, 6) is 5.25. The molecule has 0 aliphatic rings. The summed E-state index contributed by atoms with van der Waals surface area (Å²) in [6.07, 6.45) is 4.77. The fraction of sp³-hybridized carbons (Fsp3) is 0.136. The van der Waals surface area contributed by atoms with Crippen molar-refractivity contribution in [3.63, 3.8) is 0 Å². The molecule has 2 aromatic carbocycles. The normalized spacial score (nSPS) is 11.8. The van der Waals surface area contributed by atoms with Gasteiger partial charge in [0.2, 0.25) is 9.84 Å². The van der Waals surface area contributed by atoms with Crippen LogP contribution < -0.4 is 0 Å². The molecular weight excluding hydrogens is 392 g/mol. The van der Waals surface area contributed by atoms with Crippen molar-refractivity contribution in [1.29, 1.82) is 0 Å². The molecule has 28 heavy (non-hydrogen) atoms. The largest absolute Gasteiger partial charge is 0.465 e. The lowest BCUT2D eigenvalue weighted by atomic mass is 10.1. The summed E-state index contributed by atoms with van der Waals surface area (Å²) < 4.78 is 30.4. The zero-order valence-corrected chi connectivity index (χ0v) is 17.4. The third-order valence-electron chi connectivity index (χ3n) is 3.75. The Hall–Kier alpha value is -2.75. The summed E-state index contributed by atoms with van der Waals surface area (Å²) in [7, 11) is -2.35. The van der Waals surface area contributed by atoms with Gasteiger partial charge in [-0.2, -0.15) is 0 Å². The van der Waals surface area contributed by atoms with E-state index in [9.17, 15) is 13.2 Å². The van der Waals surface area contributed by atoms with E-state index in [-0.39, 0.29) is 9.80 Å². The Kier molecular flexibility index (Phi) is 7.68. The van der Waals surface area contributed by atoms with E-state index in [1.54, 1.807) is 53.9 Å². The van der Waals surface area contributed by atoms with Crippen molar-refractivity contribution in [2.45, 2.75) is 11.8 Å². The van der Waals surface area contributed by atoms with Crippen molar-refractivity contribution in [3.8, 4) is 11.8 Å². The molecule has 0 N–H and O–H groups in total. The van der Waals surface area contributed by atoms with E-state index in [4.69, 9.17) is 0 Å². The molecule has 0 aliphatic heterocycles. The molecular formula is C22H20O4S2. The quantitative estimate of drug-likeness (QED) is 0.415. The number of rotatable bonds is 5. The molecule has 0 unspecified atom stereocenters. The van der Waals surface area contributed by atoms with Gasteiger partial charge in [-0.25, -0.2) is 13.2 Å². The van der Waals surface area contributed by atoms with Crippen molar-refractivity contribution in [3.05, 3.63) is 87.7 Å². The minimum absolute atomic E-state index is 0.115. The molecule has 0 heterocycles. The molecule has 144 valence electrons. The second-order valence-electron chi connectivity index (χ2n) is 5.74. The van der Waals surface area contributed by atoms with Crippen LogP contribution in [0, 0.1) is 18.8 Å². The van der Waals surface area contributed by atoms with Crippen molar-refractivity contribution in [1.82, 2.24) is 0 Å². The van der Waals surface area contributed by atoms with Crippen LogP contribution in [0.3, 0.4) is 0 Å². The van der Waals surface area contributed by atoms with Crippen LogP contribution in [0.15, 0.2) is 75.9 Å². The summed E-state index contributed by atoms with van der Waals surface area (Å²) in [6.45, 7) is 1.90. The van der Waals surface area contributed by atoms with E-state index in [0.717, 1.165) is 5.56 Å². The van der Waals surface area contributed by atoms with E-state index in [0.29, 0.717) is 11.1 Å². The molecule has 0 atom stereocenters. The number of thioether (sulfide) groups is 1. The Morgan fingerprint density at radius 2 is 1.71 bits per heavy atom. The number of ether oxygens (including phenoxy) is 1. The summed E-state index contributed by atoms with van der Waals surface area (Å²) in [5.41, 5.74) is 2.07. The molecule has 0 radical (unpaired) electrons. The molecule has 0 fully saturated rings. The maximum absolute atomic E-state index is 12.9. The molecule has 0 bridgehead atoms. The molecule has 2 rings (SSSR count). The zero-order valence-electron chi connectivity index (χ0n) is 15.8. The molecule has 6 heteroatoms. The molecule has 0 aromatic heterocycles. The highest BCUT2D eigenvalue weighted by Gasteiger charge is 2.18. The zero-order chi connectivity index (χ0) is 20.6. The number of benzene rings is 2. The predicted molar refractivity (Wildman–Crippen MR) is 114 cm³/mol. The molecule has 0 saturated carbocycles. The van der Waals surface area contributed by atoms with Gasteiger partial charge >= 0.3 is 5.97 Å². The second-order valence-corrected chi connectivity index (χ2v) is 8.43. The Labute approximate surface area is 170 Å². The van der Waals surface area contributed by atoms with Crippen LogP contribution in [-0.2, 0) is 14.6 Å². The van der Waals surface area contributed by atoms with E-state index in [1.807, 2.05) is 13.2 Å². The smallest absolute Gasteiger partial charge is 0.337 e. The Bertz CT molecular complexity index is 1050. The van der Waals surface area contributed by atoms with Crippen LogP contribution in [0.25, 0.3) is 0 Å². The maximum atomic E-state index is 12.9. The highest BCUT2D eigenvalue weighted by molar-refractivity contribution is 8.01. The van der Waals surface area contributed by atoms with Gasteiger partial charge in [0.05, 0.1) is 22.5 Å². The number of aryl methyl sites for hydroxylation is 1. The van der Waals surface area contributed by atoms with Gasteiger partial charge in [0.1, 0.15) is 0 Å². The fourth-order valence-electron chi connectivity index (χ4n) is 2.20. The third kappa shape index (κ3) is 5.62. The first-order valence-electron chi connectivity index (χ1n) is 8.29. The lowest BCUT2D eigenvalue weighted by molar-refractivity contribution is 0.0600. The standard InChI is InChI=1S/C22H20O4S2/c1-17-7-13-21(14-8-17)28(24,25)20(15-16-27-3)6-4-5-18-9-11-19(12-10-18)22(23)26-2/h6-16H,1-3H3/b16-15-,20-6+. The SMILES string of the molecule is COC(=O)c1ccc(C#C/C=C(\C=C/SC)S(=O)(=O)c2ccc(C)cc2)cc1. The average Bonchev–Trinajstić information content (AvgIpc) is 2.70. The Morgan fingerprint density at radius 1 is 1.07 bits per heavy atom. The third-order valence-corrected chi connectivity index (χ3v) is 5.92. The molecule has 0 amide bonds. The van der Waals surface area contributed by atoms with Gasteiger partial charge in [0.15, 0.2) is 0 Å². The van der Waals surface area contributed by atoms with Crippen LogP contribution >= 0.6 is 11.8 Å². The summed E-state index contributed by atoms with van der Waals surface area (Å²) in [4.78, 5) is 11.8. The van der Waals surface area contributed by atoms with Crippen LogP contribution in [0.4, 0.5) is 0 Å². The number of carbonyl (C=O) groups excluding carboxylic acids is 1. The van der Waals surface area contributed by atoms with Gasteiger partial charge in [0, 0.05) is 11.6 Å². The van der Waals surface area contributed by atoms with Gasteiger partial charge in [-0.1, -0.05) is 29.5 Å². The van der Waals surface area contributed by atoms with E-state index < -0.39 is 15.8 Å². The van der Waals surface area contributed by atoms with E-state index >= 15 is 0 Å². The Morgan fingerprint density at radius 3 is 2.29 bits per heavy atom. The number of hydrogen-bond acceptors (Lipinski definition) is 5. The molecule has 0 spiro atoms. The van der Waals surface area contributed by atoms with Gasteiger partial charge < -0.3 is 4.74 Å². The van der Waals surface area contributed by atoms with Crippen LogP contribution in [-0.4, -0.2) is 27.8 Å². The van der Waals surface area contributed by atoms with Crippen molar-refractivity contribution < 1.29 is 17.9 Å². The summed E-state index contributed by atoms with van der Waals surface area (Å²) in [5, 5.41) is 1.70. The second kappa shape index (κ2) is 9.98. The molecule has 4 nitrogen and oxygen atoms in total. The average molecular weight is 413 g/mol. The minimum atomic E-state index is -3.67. The van der Waals surface area contributed by atoms with Crippen LogP contribution in [0.2, 0.25) is 0 Å². The first-order valence-corrected chi connectivity index (χ1v) is 11.1. The summed E-state index contributed by atoms with van der Waals surface area (Å²) in [6, 6.07) is 13.3. The lowest BCUT2D eigenvalue weighted by Gasteiger charge is -2.05. The predicted octanol–water partition coefficient (Wildman–Crippen LogP) is 4.37. The van der Waals surface area contributed by atoms with Crippen LogP contribution in [0.1, 0.15) is 21.5 Å². The van der Waals surface area contributed by atoms with Gasteiger partial charge in [0.25, 0.3) is 0 Å². The number of methoxy groups -OCH3 is 1. The monoisotopic (exact) mass is 412 g/mol. The first-order chi connectivity index (χ1) is 13.4. The maximum Gasteiger partial charge on any atom is 0.337 e. The minimum Gasteiger partial charge on any atom is -0.465 e. The van der Waals surface area contributed by atoms with Crippen molar-refractivity contribution >= 4 is 27.6 Å².